The summed E-state index contributed by atoms with van der Waals surface area (Å²) in [6.07, 6.45) is 2.28. The summed E-state index contributed by atoms with van der Waals surface area (Å²) in [6, 6.07) is 0. The van der Waals surface area contributed by atoms with E-state index in [1.165, 1.54) is 0 Å². The van der Waals surface area contributed by atoms with Crippen LogP contribution in [0.3, 0.4) is 0 Å². The molecule has 2 rings (SSSR count). The summed E-state index contributed by atoms with van der Waals surface area (Å²) in [5, 5.41) is 9.36. The Balaban J connectivity index is 2.10. The van der Waals surface area contributed by atoms with Gasteiger partial charge in [0.25, 0.3) is 0 Å². The third-order valence-electron chi connectivity index (χ3n) is 3.74. The van der Waals surface area contributed by atoms with Crippen LogP contribution < -0.4 is 0 Å². The van der Waals surface area contributed by atoms with Crippen molar-refractivity contribution in [1.82, 2.24) is 0 Å². The highest BCUT2D eigenvalue weighted by molar-refractivity contribution is 6.03. The van der Waals surface area contributed by atoms with Gasteiger partial charge in [-0.15, -0.1) is 0 Å². The minimum Gasteiger partial charge on any atom is -0.480 e. The smallest absolute Gasteiger partial charge is 0.319 e. The van der Waals surface area contributed by atoms with Crippen molar-refractivity contribution in [3.8, 4) is 0 Å². The lowest BCUT2D eigenvalue weighted by molar-refractivity contribution is -0.166. The maximum atomic E-state index is 11.9. The van der Waals surface area contributed by atoms with E-state index in [9.17, 15) is 14.7 Å². The van der Waals surface area contributed by atoms with Crippen LogP contribution in [0.25, 0.3) is 0 Å². The first kappa shape index (κ1) is 12.5. The zero-order chi connectivity index (χ0) is 12.3. The van der Waals surface area contributed by atoms with Gasteiger partial charge in [0, 0.05) is 19.6 Å². The second kappa shape index (κ2) is 5.14. The van der Waals surface area contributed by atoms with Crippen LogP contribution >= 0.6 is 0 Å². The lowest BCUT2D eigenvalue weighted by Gasteiger charge is -2.35. The predicted octanol–water partition coefficient (Wildman–Crippen LogP) is 0.864. The van der Waals surface area contributed by atoms with E-state index in [0.717, 1.165) is 12.8 Å². The Hall–Kier alpha value is -0.940. The Morgan fingerprint density at radius 2 is 2.00 bits per heavy atom. The lowest BCUT2D eigenvalue weighted by Crippen LogP contribution is -2.48. The maximum Gasteiger partial charge on any atom is 0.319 e. The van der Waals surface area contributed by atoms with Crippen LogP contribution in [-0.2, 0) is 19.1 Å². The largest absolute Gasteiger partial charge is 0.480 e. The Labute approximate surface area is 100 Å². The summed E-state index contributed by atoms with van der Waals surface area (Å²) in [6.45, 7) is 1.70. The molecule has 0 saturated carbocycles. The molecule has 0 aliphatic carbocycles. The third-order valence-corrected chi connectivity index (χ3v) is 3.74. The van der Waals surface area contributed by atoms with E-state index in [1.807, 2.05) is 0 Å². The average molecular weight is 242 g/mol. The highest BCUT2D eigenvalue weighted by atomic mass is 16.5. The van der Waals surface area contributed by atoms with Crippen molar-refractivity contribution in [3.63, 3.8) is 0 Å². The van der Waals surface area contributed by atoms with Gasteiger partial charge in [0.2, 0.25) is 0 Å². The van der Waals surface area contributed by atoms with Crippen LogP contribution in [0, 0.1) is 11.3 Å². The first-order valence-electron chi connectivity index (χ1n) is 6.07. The van der Waals surface area contributed by atoms with Gasteiger partial charge in [-0.2, -0.15) is 0 Å². The van der Waals surface area contributed by atoms with Crippen LogP contribution in [0.1, 0.15) is 25.7 Å². The van der Waals surface area contributed by atoms with E-state index in [4.69, 9.17) is 9.47 Å². The van der Waals surface area contributed by atoms with E-state index in [0.29, 0.717) is 26.2 Å². The molecular weight excluding hydrogens is 224 g/mol. The molecule has 96 valence electrons. The number of ketones is 1. The van der Waals surface area contributed by atoms with Crippen molar-refractivity contribution in [3.05, 3.63) is 0 Å². The molecule has 0 aromatic heterocycles. The highest BCUT2D eigenvalue weighted by Crippen LogP contribution is 2.36. The second-order valence-corrected chi connectivity index (χ2v) is 4.87. The fourth-order valence-corrected chi connectivity index (χ4v) is 2.62. The fraction of sp³-hybridized carbons (Fsp3) is 0.833. The zero-order valence-corrected chi connectivity index (χ0v) is 9.81. The topological polar surface area (TPSA) is 72.8 Å². The van der Waals surface area contributed by atoms with Gasteiger partial charge in [-0.25, -0.2) is 0 Å². The summed E-state index contributed by atoms with van der Waals surface area (Å²) in [7, 11) is 0. The Kier molecular flexibility index (Phi) is 3.79. The van der Waals surface area contributed by atoms with Gasteiger partial charge in [0.15, 0.2) is 5.78 Å². The van der Waals surface area contributed by atoms with Crippen LogP contribution in [0.5, 0.6) is 0 Å². The zero-order valence-electron chi connectivity index (χ0n) is 9.81. The van der Waals surface area contributed by atoms with Gasteiger partial charge < -0.3 is 14.6 Å². The Morgan fingerprint density at radius 3 is 2.59 bits per heavy atom. The molecule has 0 bridgehead atoms. The number of carbonyl (C=O) groups excluding carboxylic acids is 1. The number of hydrogen-bond donors (Lipinski definition) is 1. The number of aliphatic carboxylic acids is 1. The summed E-state index contributed by atoms with van der Waals surface area (Å²) < 4.78 is 10.5. The second-order valence-electron chi connectivity index (χ2n) is 4.87. The molecule has 0 radical (unpaired) electrons. The quantitative estimate of drug-likeness (QED) is 0.743. The van der Waals surface area contributed by atoms with E-state index in [-0.39, 0.29) is 24.7 Å². The molecule has 2 saturated heterocycles. The number of ether oxygens (including phenoxy) is 2. The number of Topliss-reactive ketones (excluding diaryl/α,β-unsaturated/α-hetero) is 1. The standard InChI is InChI=1S/C12H18O5/c13-10-3-6-17-8-12(10,11(14)15)7-9-1-4-16-5-2-9/h9H,1-8H2,(H,14,15). The molecule has 0 spiro atoms. The molecule has 1 N–H and O–H groups in total. The van der Waals surface area contributed by atoms with E-state index < -0.39 is 11.4 Å². The molecule has 0 amide bonds. The molecule has 2 aliphatic heterocycles. The number of hydrogen-bond acceptors (Lipinski definition) is 4. The minimum atomic E-state index is -1.31. The monoisotopic (exact) mass is 242 g/mol. The molecule has 2 heterocycles. The highest BCUT2D eigenvalue weighted by Gasteiger charge is 2.49. The first-order chi connectivity index (χ1) is 8.15. The van der Waals surface area contributed by atoms with Crippen molar-refractivity contribution < 1.29 is 24.2 Å². The number of carboxylic acids is 1. The van der Waals surface area contributed by atoms with Crippen LogP contribution in [0.15, 0.2) is 0 Å². The summed E-state index contributed by atoms with van der Waals surface area (Å²) in [5.74, 6) is -0.957. The Bertz CT molecular complexity index is 308. The van der Waals surface area contributed by atoms with E-state index in [1.54, 1.807) is 0 Å². The van der Waals surface area contributed by atoms with Crippen molar-refractivity contribution in [2.75, 3.05) is 26.4 Å². The van der Waals surface area contributed by atoms with Gasteiger partial charge in [-0.05, 0) is 25.2 Å². The van der Waals surface area contributed by atoms with Gasteiger partial charge >= 0.3 is 5.97 Å². The molecule has 17 heavy (non-hydrogen) atoms. The van der Waals surface area contributed by atoms with E-state index in [2.05, 4.69) is 0 Å². The summed E-state index contributed by atoms with van der Waals surface area (Å²) in [5.41, 5.74) is -1.31. The maximum absolute atomic E-state index is 11.9. The van der Waals surface area contributed by atoms with Crippen LogP contribution in [0.4, 0.5) is 0 Å². The van der Waals surface area contributed by atoms with Gasteiger partial charge in [0.1, 0.15) is 5.41 Å². The van der Waals surface area contributed by atoms with Gasteiger partial charge in [-0.1, -0.05) is 0 Å². The van der Waals surface area contributed by atoms with Crippen molar-refractivity contribution in [2.24, 2.45) is 11.3 Å². The molecule has 0 aromatic rings. The molecule has 2 fully saturated rings. The molecule has 5 nitrogen and oxygen atoms in total. The van der Waals surface area contributed by atoms with Gasteiger partial charge in [-0.3, -0.25) is 9.59 Å². The molecule has 5 heteroatoms. The van der Waals surface area contributed by atoms with E-state index >= 15 is 0 Å². The Morgan fingerprint density at radius 1 is 1.29 bits per heavy atom. The van der Waals surface area contributed by atoms with Gasteiger partial charge in [0.05, 0.1) is 13.2 Å². The first-order valence-corrected chi connectivity index (χ1v) is 6.07. The minimum absolute atomic E-state index is 0.0263. The molecular formula is C12H18O5. The van der Waals surface area contributed by atoms with Crippen LogP contribution in [0.2, 0.25) is 0 Å². The summed E-state index contributed by atoms with van der Waals surface area (Å²) >= 11 is 0. The average Bonchev–Trinajstić information content (AvgIpc) is 2.33. The normalized spacial score (nSPS) is 31.4. The predicted molar refractivity (Wildman–Crippen MR) is 58.7 cm³/mol. The van der Waals surface area contributed by atoms with Crippen LogP contribution in [-0.4, -0.2) is 43.3 Å². The molecule has 0 aromatic carbocycles. The van der Waals surface area contributed by atoms with Crippen molar-refractivity contribution >= 4 is 11.8 Å². The number of carbonyl (C=O) groups is 2. The molecule has 1 atom stereocenters. The summed E-state index contributed by atoms with van der Waals surface area (Å²) in [4.78, 5) is 23.4. The molecule has 2 aliphatic rings. The lowest BCUT2D eigenvalue weighted by atomic mass is 9.72. The third kappa shape index (κ3) is 2.50. The SMILES string of the molecule is O=C(O)C1(CC2CCOCC2)COCCC1=O. The number of carboxylic acid groups (broad SMARTS) is 1. The van der Waals surface area contributed by atoms with Crippen molar-refractivity contribution in [2.45, 2.75) is 25.7 Å². The fourth-order valence-electron chi connectivity index (χ4n) is 2.62. The number of rotatable bonds is 3. The van der Waals surface area contributed by atoms with Crippen molar-refractivity contribution in [1.29, 1.82) is 0 Å². The molecule has 1 unspecified atom stereocenters.